The number of aryl methyl sites for hydroxylation is 1. The van der Waals surface area contributed by atoms with E-state index in [1.165, 1.54) is 16.3 Å². The van der Waals surface area contributed by atoms with Crippen LogP contribution in [0.2, 0.25) is 0 Å². The summed E-state index contributed by atoms with van der Waals surface area (Å²) in [5.41, 5.74) is 1.23. The number of aliphatic carboxylic acids is 1. The molecule has 0 aliphatic heterocycles. The monoisotopic (exact) mass is 313 g/mol. The number of benzene rings is 2. The number of rotatable bonds is 8. The van der Waals surface area contributed by atoms with E-state index in [0.717, 1.165) is 12.8 Å². The quantitative estimate of drug-likeness (QED) is 0.783. The number of fused-ring (bicyclic) bond motifs is 1. The van der Waals surface area contributed by atoms with Gasteiger partial charge in [0.1, 0.15) is 0 Å². The molecule has 0 saturated heterocycles. The van der Waals surface area contributed by atoms with E-state index in [2.05, 4.69) is 35.6 Å². The highest BCUT2D eigenvalue weighted by molar-refractivity contribution is 5.83. The zero-order valence-corrected chi connectivity index (χ0v) is 13.4. The summed E-state index contributed by atoms with van der Waals surface area (Å²) >= 11 is 0. The summed E-state index contributed by atoms with van der Waals surface area (Å²) in [6.07, 6.45) is 2.66. The molecule has 0 saturated carbocycles. The molecule has 0 aliphatic rings. The number of carboxylic acids is 1. The fourth-order valence-electron chi connectivity index (χ4n) is 2.61. The van der Waals surface area contributed by atoms with Crippen LogP contribution in [0.15, 0.2) is 42.5 Å². The third kappa shape index (κ3) is 5.74. The highest BCUT2D eigenvalue weighted by Crippen LogP contribution is 2.17. The molecule has 1 atom stereocenters. The third-order valence-corrected chi connectivity index (χ3v) is 3.88. The molecule has 122 valence electrons. The molecule has 0 spiro atoms. The van der Waals surface area contributed by atoms with Gasteiger partial charge >= 0.3 is 5.97 Å². The first-order valence-corrected chi connectivity index (χ1v) is 8.03. The highest BCUT2D eigenvalue weighted by atomic mass is 16.4. The largest absolute Gasteiger partial charge is 0.481 e. The number of hydrogen-bond acceptors (Lipinski definition) is 2. The van der Waals surface area contributed by atoms with Gasteiger partial charge in [0, 0.05) is 18.9 Å². The first-order valence-electron chi connectivity index (χ1n) is 8.03. The molecule has 0 heterocycles. The minimum Gasteiger partial charge on any atom is -0.481 e. The van der Waals surface area contributed by atoms with Crippen LogP contribution in [-0.2, 0) is 16.0 Å². The second-order valence-corrected chi connectivity index (χ2v) is 5.94. The Kier molecular flexibility index (Phi) is 6.15. The fourth-order valence-corrected chi connectivity index (χ4v) is 2.61. The van der Waals surface area contributed by atoms with Crippen LogP contribution in [0, 0.1) is 0 Å². The van der Waals surface area contributed by atoms with Gasteiger partial charge < -0.3 is 10.4 Å². The van der Waals surface area contributed by atoms with Crippen LogP contribution in [-0.4, -0.2) is 23.0 Å². The van der Waals surface area contributed by atoms with Crippen LogP contribution in [0.1, 0.15) is 38.2 Å². The lowest BCUT2D eigenvalue weighted by molar-refractivity contribution is -0.137. The second kappa shape index (κ2) is 8.32. The van der Waals surface area contributed by atoms with Gasteiger partial charge in [-0.25, -0.2) is 0 Å². The van der Waals surface area contributed by atoms with Gasteiger partial charge in [0.2, 0.25) is 5.91 Å². The molecule has 0 aromatic heterocycles. The molecule has 0 radical (unpaired) electrons. The number of amides is 1. The molecule has 1 unspecified atom stereocenters. The Morgan fingerprint density at radius 1 is 1.09 bits per heavy atom. The van der Waals surface area contributed by atoms with Crippen molar-refractivity contribution in [2.24, 2.45) is 0 Å². The van der Waals surface area contributed by atoms with E-state index < -0.39 is 5.97 Å². The van der Waals surface area contributed by atoms with Gasteiger partial charge in [-0.05, 0) is 42.5 Å². The molecular weight excluding hydrogens is 290 g/mol. The van der Waals surface area contributed by atoms with Crippen LogP contribution >= 0.6 is 0 Å². The van der Waals surface area contributed by atoms with Crippen molar-refractivity contribution in [1.29, 1.82) is 0 Å². The van der Waals surface area contributed by atoms with E-state index in [4.69, 9.17) is 5.11 Å². The molecule has 23 heavy (non-hydrogen) atoms. The SMILES string of the molecule is CC(CCC(=O)O)NC(=O)CCCc1ccc2ccccc2c1. The van der Waals surface area contributed by atoms with Crippen molar-refractivity contribution < 1.29 is 14.7 Å². The number of carboxylic acid groups (broad SMARTS) is 1. The molecule has 0 fully saturated rings. The van der Waals surface area contributed by atoms with Gasteiger partial charge in [0.05, 0.1) is 0 Å². The summed E-state index contributed by atoms with van der Waals surface area (Å²) in [5.74, 6) is -0.842. The fraction of sp³-hybridized carbons (Fsp3) is 0.368. The van der Waals surface area contributed by atoms with Gasteiger partial charge in [0.15, 0.2) is 0 Å². The molecule has 2 N–H and O–H groups in total. The first kappa shape index (κ1) is 17.0. The van der Waals surface area contributed by atoms with Gasteiger partial charge in [-0.1, -0.05) is 42.5 Å². The zero-order valence-electron chi connectivity index (χ0n) is 13.4. The van der Waals surface area contributed by atoms with Crippen molar-refractivity contribution in [2.75, 3.05) is 0 Å². The second-order valence-electron chi connectivity index (χ2n) is 5.94. The molecule has 2 rings (SSSR count). The molecule has 0 aliphatic carbocycles. The summed E-state index contributed by atoms with van der Waals surface area (Å²) in [5, 5.41) is 13.9. The summed E-state index contributed by atoms with van der Waals surface area (Å²) in [6, 6.07) is 14.5. The highest BCUT2D eigenvalue weighted by Gasteiger charge is 2.09. The first-order chi connectivity index (χ1) is 11.0. The Balaban J connectivity index is 1.75. The lowest BCUT2D eigenvalue weighted by Crippen LogP contribution is -2.32. The van der Waals surface area contributed by atoms with Crippen molar-refractivity contribution in [3.63, 3.8) is 0 Å². The lowest BCUT2D eigenvalue weighted by atomic mass is 10.0. The van der Waals surface area contributed by atoms with E-state index in [1.807, 2.05) is 19.1 Å². The normalized spacial score (nSPS) is 12.0. The van der Waals surface area contributed by atoms with Gasteiger partial charge in [-0.3, -0.25) is 9.59 Å². The maximum Gasteiger partial charge on any atom is 0.303 e. The Labute approximate surface area is 136 Å². The van der Waals surface area contributed by atoms with E-state index >= 15 is 0 Å². The Bertz CT molecular complexity index is 681. The van der Waals surface area contributed by atoms with Crippen molar-refractivity contribution in [3.05, 3.63) is 48.0 Å². The van der Waals surface area contributed by atoms with Crippen molar-refractivity contribution in [2.45, 2.75) is 45.1 Å². The van der Waals surface area contributed by atoms with Crippen LogP contribution in [0.5, 0.6) is 0 Å². The Morgan fingerprint density at radius 2 is 1.83 bits per heavy atom. The Hall–Kier alpha value is -2.36. The van der Waals surface area contributed by atoms with Gasteiger partial charge in [-0.15, -0.1) is 0 Å². The predicted octanol–water partition coefficient (Wildman–Crippen LogP) is 3.53. The van der Waals surface area contributed by atoms with Gasteiger partial charge in [0.25, 0.3) is 0 Å². The average molecular weight is 313 g/mol. The number of hydrogen-bond donors (Lipinski definition) is 2. The van der Waals surface area contributed by atoms with Crippen LogP contribution in [0.3, 0.4) is 0 Å². The smallest absolute Gasteiger partial charge is 0.303 e. The summed E-state index contributed by atoms with van der Waals surface area (Å²) in [6.45, 7) is 1.84. The molecule has 1 amide bonds. The molecule has 2 aromatic carbocycles. The van der Waals surface area contributed by atoms with E-state index in [9.17, 15) is 9.59 Å². The Morgan fingerprint density at radius 3 is 2.57 bits per heavy atom. The molecule has 0 bridgehead atoms. The van der Waals surface area contributed by atoms with E-state index in [-0.39, 0.29) is 18.4 Å². The van der Waals surface area contributed by atoms with E-state index in [0.29, 0.717) is 12.8 Å². The summed E-state index contributed by atoms with van der Waals surface area (Å²) in [4.78, 5) is 22.3. The van der Waals surface area contributed by atoms with Crippen LogP contribution in [0.25, 0.3) is 10.8 Å². The maximum absolute atomic E-state index is 11.8. The molecule has 4 heteroatoms. The minimum absolute atomic E-state index is 0.0105. The average Bonchev–Trinajstić information content (AvgIpc) is 2.53. The van der Waals surface area contributed by atoms with Crippen molar-refractivity contribution >= 4 is 22.6 Å². The van der Waals surface area contributed by atoms with E-state index in [1.54, 1.807) is 0 Å². The molecule has 4 nitrogen and oxygen atoms in total. The predicted molar refractivity (Wildman–Crippen MR) is 91.4 cm³/mol. The summed E-state index contributed by atoms with van der Waals surface area (Å²) < 4.78 is 0. The minimum atomic E-state index is -0.831. The number of carbonyl (C=O) groups is 2. The third-order valence-electron chi connectivity index (χ3n) is 3.88. The number of nitrogens with one attached hydrogen (secondary N) is 1. The van der Waals surface area contributed by atoms with Crippen molar-refractivity contribution in [3.8, 4) is 0 Å². The topological polar surface area (TPSA) is 66.4 Å². The standard InChI is InChI=1S/C19H23NO3/c1-14(9-12-19(22)23)20-18(21)8-4-5-15-10-11-16-6-2-3-7-17(16)13-15/h2-3,6-7,10-11,13-14H,4-5,8-9,12H2,1H3,(H,20,21)(H,22,23). The molecule has 2 aromatic rings. The number of carbonyl (C=O) groups excluding carboxylic acids is 1. The van der Waals surface area contributed by atoms with Crippen molar-refractivity contribution in [1.82, 2.24) is 5.32 Å². The lowest BCUT2D eigenvalue weighted by Gasteiger charge is -2.12. The van der Waals surface area contributed by atoms with Crippen LogP contribution < -0.4 is 5.32 Å². The van der Waals surface area contributed by atoms with Gasteiger partial charge in [-0.2, -0.15) is 0 Å². The molecular formula is C19H23NO3. The zero-order chi connectivity index (χ0) is 16.7. The maximum atomic E-state index is 11.8. The summed E-state index contributed by atoms with van der Waals surface area (Å²) in [7, 11) is 0. The van der Waals surface area contributed by atoms with Crippen LogP contribution in [0.4, 0.5) is 0 Å².